The zero-order chi connectivity index (χ0) is 3.58. The van der Waals surface area contributed by atoms with Crippen LogP contribution in [0.1, 0.15) is 0 Å². The summed E-state index contributed by atoms with van der Waals surface area (Å²) >= 11 is 0. The summed E-state index contributed by atoms with van der Waals surface area (Å²) in [5, 5.41) is 16.7. The molecule has 0 aliphatic heterocycles. The van der Waals surface area contributed by atoms with Gasteiger partial charge in [-0.3, -0.25) is 0 Å². The summed E-state index contributed by atoms with van der Waals surface area (Å²) in [4.78, 5) is 8.33. The van der Waals surface area contributed by atoms with Crippen LogP contribution in [0.4, 0.5) is 4.79 Å². The molecule has 0 atom stereocenters. The number of carboxylic acid groups (broad SMARTS) is 2. The third kappa shape index (κ3) is 176. The van der Waals surface area contributed by atoms with Crippen LogP contribution < -0.4 is 39.8 Å². The van der Waals surface area contributed by atoms with Crippen molar-refractivity contribution in [3.8, 4) is 0 Å². The smallest absolute Gasteiger partial charge is 0.870 e. The molecule has 0 amide bonds. The average Bonchev–Trinajstić information content (AvgIpc) is 0.811. The molecule has 6 heteroatoms. The van der Waals surface area contributed by atoms with E-state index in [4.69, 9.17) is 15.0 Å². The van der Waals surface area contributed by atoms with E-state index in [2.05, 4.69) is 0 Å². The van der Waals surface area contributed by atoms with Gasteiger partial charge in [-0.25, -0.2) is 0 Å². The molecule has 32 valence electrons. The van der Waals surface area contributed by atoms with Gasteiger partial charge in [-0.15, -0.1) is 0 Å². The van der Waals surface area contributed by atoms with Crippen LogP contribution in [0.3, 0.4) is 0 Å². The van der Waals surface area contributed by atoms with E-state index in [0.717, 1.165) is 0 Å². The fraction of sp³-hybridized carbons (Fsp3) is 0. The van der Waals surface area contributed by atoms with Crippen LogP contribution in [0.25, 0.3) is 0 Å². The largest absolute Gasteiger partial charge is 2.00 e. The molecule has 4 nitrogen and oxygen atoms in total. The van der Waals surface area contributed by atoms with Gasteiger partial charge in [0, 0.05) is 0 Å². The van der Waals surface area contributed by atoms with Crippen LogP contribution in [0.5, 0.6) is 0 Å². The van der Waals surface area contributed by atoms with E-state index in [1.807, 2.05) is 0 Å². The monoisotopic (exact) mass is 124 g/mol. The number of carbonyl (C=O) groups is 1. The minimum absolute atomic E-state index is 0. The van der Waals surface area contributed by atoms with Gasteiger partial charge in [-0.1, -0.05) is 0 Å². The molecule has 0 saturated heterocycles. The Balaban J connectivity index is -0.0000000150. The van der Waals surface area contributed by atoms with E-state index >= 15 is 0 Å². The molecular weight excluding hydrogens is 123 g/mol. The maximum Gasteiger partial charge on any atom is 2.00 e. The fourth-order valence-electron chi connectivity index (χ4n) is 0. The van der Waals surface area contributed by atoms with E-state index < -0.39 is 6.16 Å². The summed E-state index contributed by atoms with van der Waals surface area (Å²) in [6.45, 7) is 0. The summed E-state index contributed by atoms with van der Waals surface area (Å²) in [5.41, 5.74) is 0. The van der Waals surface area contributed by atoms with Crippen molar-refractivity contribution in [2.75, 3.05) is 0 Å². The van der Waals surface area contributed by atoms with Gasteiger partial charge in [0.15, 0.2) is 0 Å². The van der Waals surface area contributed by atoms with E-state index in [1.54, 1.807) is 0 Å². The summed E-state index contributed by atoms with van der Waals surface area (Å²) < 4.78 is 0. The summed E-state index contributed by atoms with van der Waals surface area (Å²) in [6.07, 6.45) is -2.33. The molecule has 0 aromatic carbocycles. The molecule has 0 aromatic rings. The summed E-state index contributed by atoms with van der Waals surface area (Å²) in [5.74, 6) is 0. The maximum atomic E-state index is 8.33. The third-order valence-corrected chi connectivity index (χ3v) is 0. The van der Waals surface area contributed by atoms with Gasteiger partial charge < -0.3 is 20.5 Å². The van der Waals surface area contributed by atoms with Gasteiger partial charge in [0.2, 0.25) is 0 Å². The molecule has 0 heterocycles. The second-order valence-corrected chi connectivity index (χ2v) is 0.250. The van der Waals surface area contributed by atoms with Crippen molar-refractivity contribution in [3.05, 3.63) is 0 Å². The predicted octanol–water partition coefficient (Wildman–Crippen LogP) is -6.00. The minimum atomic E-state index is -2.33. The van der Waals surface area contributed by atoms with Crippen molar-refractivity contribution in [1.82, 2.24) is 0 Å². The third-order valence-electron chi connectivity index (χ3n) is 0. The first kappa shape index (κ1) is 24.5. The zero-order valence-electron chi connectivity index (χ0n) is 3.88. The van der Waals surface area contributed by atoms with Crippen molar-refractivity contribution in [3.63, 3.8) is 0 Å². The molecule has 0 aliphatic carbocycles. The fourth-order valence-corrected chi connectivity index (χ4v) is 0. The number of hydrogen-bond donors (Lipinski definition) is 0. The Kier molecular flexibility index (Phi) is 55.1. The normalized spacial score (nSPS) is 3.43. The molecular formula is CHMgNaO4. The van der Waals surface area contributed by atoms with E-state index in [9.17, 15) is 0 Å². The summed E-state index contributed by atoms with van der Waals surface area (Å²) in [6, 6.07) is 0. The quantitative estimate of drug-likeness (QED) is 0.300. The van der Waals surface area contributed by atoms with Crippen molar-refractivity contribution in [1.29, 1.82) is 0 Å². The second kappa shape index (κ2) is 15.8. The van der Waals surface area contributed by atoms with Gasteiger partial charge >= 0.3 is 52.6 Å². The standard InChI is InChI=1S/CH2O3.Mg.Na.H2O/c2-1(3)4;;;/h(H2,2,3,4);;;1H2/q;+2;+1;/p-3. The second-order valence-electron chi connectivity index (χ2n) is 0.250. The first-order valence-electron chi connectivity index (χ1n) is 0.612. The Morgan fingerprint density at radius 3 is 1.29 bits per heavy atom. The molecule has 0 bridgehead atoms. The van der Waals surface area contributed by atoms with E-state index in [1.165, 1.54) is 0 Å². The SMILES string of the molecule is O=C([O-])[O-].[Mg+2].[Na+].[OH-]. The van der Waals surface area contributed by atoms with Crippen molar-refractivity contribution in [2.45, 2.75) is 0 Å². The Morgan fingerprint density at radius 2 is 1.29 bits per heavy atom. The molecule has 0 saturated carbocycles. The van der Waals surface area contributed by atoms with Gasteiger partial charge in [0.25, 0.3) is 0 Å². The Morgan fingerprint density at radius 1 is 1.29 bits per heavy atom. The average molecular weight is 124 g/mol. The minimum Gasteiger partial charge on any atom is -0.870 e. The Bertz CT molecular complexity index is 34.7. The zero-order valence-corrected chi connectivity index (χ0v) is 7.29. The van der Waals surface area contributed by atoms with Crippen molar-refractivity contribution < 1.29 is 50.0 Å². The number of carbonyl (C=O) groups excluding carboxylic acids is 1. The molecule has 7 heavy (non-hydrogen) atoms. The van der Waals surface area contributed by atoms with Crippen molar-refractivity contribution >= 4 is 29.2 Å². The number of hydrogen-bond acceptors (Lipinski definition) is 4. The van der Waals surface area contributed by atoms with Crippen LogP contribution >= 0.6 is 0 Å². The first-order valence-corrected chi connectivity index (χ1v) is 0.612. The molecule has 0 aromatic heterocycles. The van der Waals surface area contributed by atoms with Gasteiger partial charge in [0.05, 0.1) is 0 Å². The van der Waals surface area contributed by atoms with E-state index in [-0.39, 0.29) is 58.1 Å². The van der Waals surface area contributed by atoms with Crippen molar-refractivity contribution in [2.24, 2.45) is 0 Å². The maximum absolute atomic E-state index is 8.33. The topological polar surface area (TPSA) is 93.2 Å². The van der Waals surface area contributed by atoms with E-state index in [0.29, 0.717) is 0 Å². The Hall–Kier alpha value is 0.996. The molecule has 0 unspecified atom stereocenters. The van der Waals surface area contributed by atoms with Crippen LogP contribution in [-0.4, -0.2) is 34.7 Å². The number of rotatable bonds is 0. The molecule has 1 N–H and O–H groups in total. The molecule has 0 spiro atoms. The predicted molar refractivity (Wildman–Crippen MR) is 13.1 cm³/mol. The molecule has 0 radical (unpaired) electrons. The van der Waals surface area contributed by atoms with Crippen LogP contribution in [0.2, 0.25) is 0 Å². The van der Waals surface area contributed by atoms with Gasteiger partial charge in [-0.05, 0) is 6.16 Å². The molecule has 0 aliphatic rings. The summed E-state index contributed by atoms with van der Waals surface area (Å²) in [7, 11) is 0. The first-order chi connectivity index (χ1) is 1.73. The van der Waals surface area contributed by atoms with Gasteiger partial charge in [0.1, 0.15) is 0 Å². The van der Waals surface area contributed by atoms with Crippen LogP contribution in [0, 0.1) is 0 Å². The van der Waals surface area contributed by atoms with Crippen LogP contribution in [0.15, 0.2) is 0 Å². The van der Waals surface area contributed by atoms with Crippen LogP contribution in [-0.2, 0) is 0 Å². The molecule has 0 rings (SSSR count). The van der Waals surface area contributed by atoms with Gasteiger partial charge in [-0.2, -0.15) is 0 Å². The Labute approximate surface area is 78.7 Å². The molecule has 0 fully saturated rings.